The van der Waals surface area contributed by atoms with Gasteiger partial charge in [-0.2, -0.15) is 0 Å². The Bertz CT molecular complexity index is 815. The van der Waals surface area contributed by atoms with Crippen molar-refractivity contribution in [2.45, 2.75) is 45.3 Å². The minimum atomic E-state index is -0.995. The number of carbonyl (C=O) groups is 4. The van der Waals surface area contributed by atoms with Gasteiger partial charge in [0.15, 0.2) is 18.4 Å². The van der Waals surface area contributed by atoms with Crippen molar-refractivity contribution < 1.29 is 38.1 Å². The molecule has 12 nitrogen and oxygen atoms in total. The second-order valence-electron chi connectivity index (χ2n) is 7.84. The number of ether oxygens (including phenoxy) is 4. The molecule has 1 saturated heterocycles. The molecular weight excluding hydrogens is 412 g/mol. The van der Waals surface area contributed by atoms with Gasteiger partial charge in [-0.25, -0.2) is 0 Å². The zero-order chi connectivity index (χ0) is 23.0. The van der Waals surface area contributed by atoms with Crippen molar-refractivity contribution in [3.05, 3.63) is 11.5 Å². The molecule has 12 heteroatoms. The molecule has 0 unspecified atom stereocenters. The normalized spacial score (nSPS) is 28.1. The van der Waals surface area contributed by atoms with E-state index in [0.29, 0.717) is 18.2 Å². The number of likely N-dealkylation sites (N-methyl/N-ethyl adjacent to an activating group) is 2. The van der Waals surface area contributed by atoms with Crippen molar-refractivity contribution in [1.82, 2.24) is 19.6 Å². The van der Waals surface area contributed by atoms with E-state index in [1.54, 1.807) is 28.8 Å². The Morgan fingerprint density at radius 2 is 1.52 bits per heavy atom. The number of rotatable bonds is 5. The van der Waals surface area contributed by atoms with Crippen molar-refractivity contribution in [2.75, 3.05) is 41.1 Å². The van der Waals surface area contributed by atoms with Crippen LogP contribution in [0.25, 0.3) is 0 Å². The molecule has 31 heavy (non-hydrogen) atoms. The van der Waals surface area contributed by atoms with Crippen LogP contribution in [0.4, 0.5) is 0 Å². The largest absolute Gasteiger partial charge is 0.463 e. The molecule has 0 aromatic heterocycles. The Labute approximate surface area is 180 Å². The zero-order valence-corrected chi connectivity index (χ0v) is 18.5. The van der Waals surface area contributed by atoms with E-state index in [4.69, 9.17) is 18.9 Å². The zero-order valence-electron chi connectivity index (χ0n) is 18.5. The number of hydrogen-bond acceptors (Lipinski definition) is 11. The third-order valence-electron chi connectivity index (χ3n) is 5.21. The maximum absolute atomic E-state index is 12.8. The number of hydrogen-bond donors (Lipinski definition) is 0. The molecule has 0 aromatic carbocycles. The summed E-state index contributed by atoms with van der Waals surface area (Å²) < 4.78 is 22.1. The van der Waals surface area contributed by atoms with Crippen molar-refractivity contribution in [3.63, 3.8) is 0 Å². The first-order chi connectivity index (χ1) is 14.5. The highest BCUT2D eigenvalue weighted by Crippen LogP contribution is 2.37. The molecule has 3 heterocycles. The van der Waals surface area contributed by atoms with Crippen LogP contribution in [0, 0.1) is 0 Å². The van der Waals surface area contributed by atoms with Gasteiger partial charge in [0.05, 0.1) is 13.3 Å². The first-order valence-electron chi connectivity index (χ1n) is 9.83. The summed E-state index contributed by atoms with van der Waals surface area (Å²) in [4.78, 5) is 54.7. The summed E-state index contributed by atoms with van der Waals surface area (Å²) >= 11 is 0. The summed E-state index contributed by atoms with van der Waals surface area (Å²) in [6.07, 6.45) is -3.72. The summed E-state index contributed by atoms with van der Waals surface area (Å²) in [6, 6.07) is 0. The van der Waals surface area contributed by atoms with Crippen LogP contribution >= 0.6 is 0 Å². The van der Waals surface area contributed by atoms with E-state index in [9.17, 15) is 19.2 Å². The Morgan fingerprint density at radius 3 is 2.10 bits per heavy atom. The van der Waals surface area contributed by atoms with E-state index in [1.165, 1.54) is 20.8 Å². The second kappa shape index (κ2) is 8.61. The molecule has 1 amide bonds. The molecule has 172 valence electrons. The highest BCUT2D eigenvalue weighted by molar-refractivity contribution is 5.94. The van der Waals surface area contributed by atoms with Gasteiger partial charge in [0.1, 0.15) is 24.2 Å². The first kappa shape index (κ1) is 22.7. The lowest BCUT2D eigenvalue weighted by molar-refractivity contribution is -0.168. The standard InChI is InChI=1S/C19H28N4O8/c1-10(24)28-7-13-15(29-11(2)25)16(30-12(3)26)19(31-13)23-9-20(4)14-17(23)21(5)8-22(6)18(14)27/h13,15-16,19H,7-9H2,1-6H3/t13-,15-,16-,19-/m1/s1. The molecular formula is C19H28N4O8. The predicted molar refractivity (Wildman–Crippen MR) is 103 cm³/mol. The fraction of sp³-hybridized carbons (Fsp3) is 0.684. The fourth-order valence-corrected chi connectivity index (χ4v) is 4.11. The highest BCUT2D eigenvalue weighted by Gasteiger charge is 2.55. The van der Waals surface area contributed by atoms with Gasteiger partial charge in [0, 0.05) is 41.9 Å². The second-order valence-corrected chi connectivity index (χ2v) is 7.84. The Kier molecular flexibility index (Phi) is 6.30. The molecule has 0 saturated carbocycles. The quantitative estimate of drug-likeness (QED) is 0.382. The van der Waals surface area contributed by atoms with Crippen LogP contribution in [-0.2, 0) is 38.1 Å². The van der Waals surface area contributed by atoms with Gasteiger partial charge in [-0.15, -0.1) is 0 Å². The third-order valence-corrected chi connectivity index (χ3v) is 5.21. The van der Waals surface area contributed by atoms with Gasteiger partial charge in [0.2, 0.25) is 0 Å². The van der Waals surface area contributed by atoms with Gasteiger partial charge in [-0.1, -0.05) is 0 Å². The first-order valence-corrected chi connectivity index (χ1v) is 9.83. The summed E-state index contributed by atoms with van der Waals surface area (Å²) in [7, 11) is 5.31. The lowest BCUT2D eigenvalue weighted by atomic mass is 10.1. The molecule has 3 aliphatic rings. The van der Waals surface area contributed by atoms with E-state index in [1.807, 2.05) is 11.9 Å². The minimum absolute atomic E-state index is 0.145. The summed E-state index contributed by atoms with van der Waals surface area (Å²) in [5, 5.41) is 0. The van der Waals surface area contributed by atoms with Gasteiger partial charge in [0.25, 0.3) is 5.91 Å². The molecule has 3 aliphatic heterocycles. The number of carbonyl (C=O) groups excluding carboxylic acids is 4. The predicted octanol–water partition coefficient (Wildman–Crippen LogP) is -1.13. The summed E-state index contributed by atoms with van der Waals surface area (Å²) in [5.41, 5.74) is 0.480. The van der Waals surface area contributed by atoms with Crippen molar-refractivity contribution in [2.24, 2.45) is 0 Å². The van der Waals surface area contributed by atoms with E-state index in [-0.39, 0.29) is 19.2 Å². The van der Waals surface area contributed by atoms with Crippen LogP contribution in [0.1, 0.15) is 20.8 Å². The molecule has 1 fully saturated rings. The van der Waals surface area contributed by atoms with Gasteiger partial charge in [-0.3, -0.25) is 19.2 Å². The maximum atomic E-state index is 12.8. The van der Waals surface area contributed by atoms with E-state index < -0.39 is 42.4 Å². The van der Waals surface area contributed by atoms with Crippen molar-refractivity contribution in [1.29, 1.82) is 0 Å². The van der Waals surface area contributed by atoms with E-state index >= 15 is 0 Å². The molecule has 0 spiro atoms. The van der Waals surface area contributed by atoms with Gasteiger partial charge >= 0.3 is 17.9 Å². The SMILES string of the molecule is CC(=O)OC[C@H]1O[C@@H](N2CN(C)C3=C2N(C)CN(C)C3=O)[C@H](OC(C)=O)[C@@H]1OC(C)=O. The lowest BCUT2D eigenvalue weighted by Crippen LogP contribution is -2.51. The Morgan fingerprint density at radius 1 is 0.903 bits per heavy atom. The number of amides is 1. The minimum Gasteiger partial charge on any atom is -0.463 e. The molecule has 3 rings (SSSR count). The monoisotopic (exact) mass is 440 g/mol. The summed E-state index contributed by atoms with van der Waals surface area (Å²) in [5.74, 6) is -1.23. The van der Waals surface area contributed by atoms with Crippen LogP contribution in [-0.4, -0.2) is 109 Å². The molecule has 0 aromatic rings. The third kappa shape index (κ3) is 4.38. The topological polar surface area (TPSA) is 118 Å². The highest BCUT2D eigenvalue weighted by atomic mass is 16.7. The number of esters is 3. The molecule has 0 N–H and O–H groups in total. The fourth-order valence-electron chi connectivity index (χ4n) is 4.11. The summed E-state index contributed by atoms with van der Waals surface area (Å²) in [6.45, 7) is 4.18. The average Bonchev–Trinajstić information content (AvgIpc) is 3.16. The van der Waals surface area contributed by atoms with Crippen LogP contribution in [0.2, 0.25) is 0 Å². The molecule has 0 radical (unpaired) electrons. The molecule has 0 aliphatic carbocycles. The van der Waals surface area contributed by atoms with Gasteiger partial charge in [-0.05, 0) is 0 Å². The van der Waals surface area contributed by atoms with Crippen molar-refractivity contribution in [3.8, 4) is 0 Å². The van der Waals surface area contributed by atoms with Crippen molar-refractivity contribution >= 4 is 23.8 Å². The lowest BCUT2D eigenvalue weighted by Gasteiger charge is -2.38. The molecule has 4 atom stereocenters. The Hall–Kier alpha value is -3.02. The van der Waals surface area contributed by atoms with Crippen LogP contribution < -0.4 is 0 Å². The number of nitrogens with zero attached hydrogens (tertiary/aromatic N) is 4. The smallest absolute Gasteiger partial charge is 0.303 e. The average molecular weight is 440 g/mol. The van der Waals surface area contributed by atoms with Gasteiger partial charge < -0.3 is 38.5 Å². The molecule has 0 bridgehead atoms. The maximum Gasteiger partial charge on any atom is 0.303 e. The Balaban J connectivity index is 1.98. The van der Waals surface area contributed by atoms with Crippen LogP contribution in [0.15, 0.2) is 11.5 Å². The van der Waals surface area contributed by atoms with E-state index in [2.05, 4.69) is 0 Å². The van der Waals surface area contributed by atoms with Crippen LogP contribution in [0.3, 0.4) is 0 Å². The van der Waals surface area contributed by atoms with Crippen LogP contribution in [0.5, 0.6) is 0 Å². The van der Waals surface area contributed by atoms with E-state index in [0.717, 1.165) is 0 Å².